The van der Waals surface area contributed by atoms with Gasteiger partial charge in [-0.1, -0.05) is 13.0 Å². The van der Waals surface area contributed by atoms with Crippen LogP contribution in [0.2, 0.25) is 0 Å². The van der Waals surface area contributed by atoms with Gasteiger partial charge in [-0.15, -0.1) is 0 Å². The first-order valence-corrected chi connectivity index (χ1v) is 6.53. The Labute approximate surface area is 116 Å². The SMILES string of the molecule is CC/C(C)=N\NC(=O)COc1ccc(C)cc1Br. The van der Waals surface area contributed by atoms with Gasteiger partial charge in [0, 0.05) is 5.71 Å². The summed E-state index contributed by atoms with van der Waals surface area (Å²) in [6.45, 7) is 5.77. The van der Waals surface area contributed by atoms with Gasteiger partial charge in [0.15, 0.2) is 6.61 Å². The average molecular weight is 313 g/mol. The topological polar surface area (TPSA) is 50.7 Å². The van der Waals surface area contributed by atoms with Crippen molar-refractivity contribution in [3.8, 4) is 5.75 Å². The first-order valence-electron chi connectivity index (χ1n) is 5.74. The molecular formula is C13H17BrN2O2. The zero-order chi connectivity index (χ0) is 13.5. The van der Waals surface area contributed by atoms with Crippen LogP contribution in [0, 0.1) is 6.92 Å². The number of benzene rings is 1. The average Bonchev–Trinajstić information content (AvgIpc) is 2.34. The summed E-state index contributed by atoms with van der Waals surface area (Å²) in [6, 6.07) is 5.69. The van der Waals surface area contributed by atoms with Crippen molar-refractivity contribution in [1.82, 2.24) is 5.43 Å². The Balaban J connectivity index is 2.47. The van der Waals surface area contributed by atoms with Crippen LogP contribution in [-0.4, -0.2) is 18.2 Å². The molecule has 98 valence electrons. The van der Waals surface area contributed by atoms with E-state index in [1.165, 1.54) is 0 Å². The maximum absolute atomic E-state index is 11.5. The number of carbonyl (C=O) groups is 1. The van der Waals surface area contributed by atoms with Crippen LogP contribution in [0.15, 0.2) is 27.8 Å². The molecule has 1 N–H and O–H groups in total. The largest absolute Gasteiger partial charge is 0.483 e. The molecule has 0 fully saturated rings. The van der Waals surface area contributed by atoms with Gasteiger partial charge in [0.05, 0.1) is 4.47 Å². The first kappa shape index (κ1) is 14.7. The summed E-state index contributed by atoms with van der Waals surface area (Å²) in [5, 5.41) is 3.92. The second kappa shape index (κ2) is 7.16. The molecule has 0 heterocycles. The molecule has 18 heavy (non-hydrogen) atoms. The fourth-order valence-corrected chi connectivity index (χ4v) is 1.74. The van der Waals surface area contributed by atoms with Crippen LogP contribution < -0.4 is 10.2 Å². The van der Waals surface area contributed by atoms with Gasteiger partial charge in [-0.05, 0) is 53.9 Å². The Kier molecular flexibility index (Phi) is 5.85. The Morgan fingerprint density at radius 2 is 2.22 bits per heavy atom. The van der Waals surface area contributed by atoms with Gasteiger partial charge < -0.3 is 4.74 Å². The van der Waals surface area contributed by atoms with Crippen LogP contribution in [0.25, 0.3) is 0 Å². The van der Waals surface area contributed by atoms with E-state index in [-0.39, 0.29) is 12.5 Å². The molecule has 0 saturated carbocycles. The molecule has 0 radical (unpaired) electrons. The standard InChI is InChI=1S/C13H17BrN2O2/c1-4-10(3)15-16-13(17)8-18-12-6-5-9(2)7-11(12)14/h5-7H,4,8H2,1-3H3,(H,16,17)/b15-10-. The van der Waals surface area contributed by atoms with Crippen molar-refractivity contribution < 1.29 is 9.53 Å². The number of rotatable bonds is 5. The maximum Gasteiger partial charge on any atom is 0.277 e. The summed E-state index contributed by atoms with van der Waals surface area (Å²) in [7, 11) is 0. The van der Waals surface area contributed by atoms with Gasteiger partial charge in [-0.25, -0.2) is 5.43 Å². The number of ether oxygens (including phenoxy) is 1. The van der Waals surface area contributed by atoms with Crippen molar-refractivity contribution in [2.24, 2.45) is 5.10 Å². The van der Waals surface area contributed by atoms with Gasteiger partial charge in [0.25, 0.3) is 5.91 Å². The number of hydrazone groups is 1. The second-order valence-corrected chi connectivity index (χ2v) is 4.81. The predicted octanol–water partition coefficient (Wildman–Crippen LogP) is 3.04. The van der Waals surface area contributed by atoms with Crippen molar-refractivity contribution in [2.75, 3.05) is 6.61 Å². The van der Waals surface area contributed by atoms with Crippen LogP contribution in [0.1, 0.15) is 25.8 Å². The highest BCUT2D eigenvalue weighted by Crippen LogP contribution is 2.25. The molecule has 0 unspecified atom stereocenters. The van der Waals surface area contributed by atoms with E-state index in [0.29, 0.717) is 5.75 Å². The highest BCUT2D eigenvalue weighted by Gasteiger charge is 2.05. The minimum atomic E-state index is -0.268. The Morgan fingerprint density at radius 3 is 2.83 bits per heavy atom. The molecule has 0 saturated heterocycles. The number of amides is 1. The van der Waals surface area contributed by atoms with Crippen molar-refractivity contribution in [3.63, 3.8) is 0 Å². The van der Waals surface area contributed by atoms with Crippen molar-refractivity contribution in [2.45, 2.75) is 27.2 Å². The van der Waals surface area contributed by atoms with Crippen molar-refractivity contribution in [1.29, 1.82) is 0 Å². The molecule has 1 aromatic carbocycles. The summed E-state index contributed by atoms with van der Waals surface area (Å²) >= 11 is 3.39. The fraction of sp³-hybridized carbons (Fsp3) is 0.385. The number of nitrogens with one attached hydrogen (secondary N) is 1. The molecule has 5 heteroatoms. The Bertz CT molecular complexity index is 458. The number of halogens is 1. The number of aryl methyl sites for hydroxylation is 1. The summed E-state index contributed by atoms with van der Waals surface area (Å²) < 4.78 is 6.23. The first-order chi connectivity index (χ1) is 8.52. The van der Waals surface area contributed by atoms with Crippen molar-refractivity contribution >= 4 is 27.5 Å². The lowest BCUT2D eigenvalue weighted by Gasteiger charge is -2.07. The van der Waals surface area contributed by atoms with Gasteiger partial charge in [-0.2, -0.15) is 5.10 Å². The normalized spacial score (nSPS) is 11.2. The lowest BCUT2D eigenvalue weighted by atomic mass is 10.2. The second-order valence-electron chi connectivity index (χ2n) is 3.96. The van der Waals surface area contributed by atoms with E-state index in [2.05, 4.69) is 26.5 Å². The molecule has 0 aliphatic rings. The number of nitrogens with zero attached hydrogens (tertiary/aromatic N) is 1. The Hall–Kier alpha value is -1.36. The number of hydrogen-bond acceptors (Lipinski definition) is 3. The molecule has 1 amide bonds. The molecule has 1 rings (SSSR count). The highest BCUT2D eigenvalue weighted by atomic mass is 79.9. The molecule has 0 atom stereocenters. The highest BCUT2D eigenvalue weighted by molar-refractivity contribution is 9.10. The molecular weight excluding hydrogens is 296 g/mol. The molecule has 0 bridgehead atoms. The van der Waals surface area contributed by atoms with Gasteiger partial charge >= 0.3 is 0 Å². The van der Waals surface area contributed by atoms with E-state index in [9.17, 15) is 4.79 Å². The number of hydrogen-bond donors (Lipinski definition) is 1. The minimum Gasteiger partial charge on any atom is -0.483 e. The third-order valence-corrected chi connectivity index (χ3v) is 2.95. The predicted molar refractivity (Wildman–Crippen MR) is 75.9 cm³/mol. The number of carbonyl (C=O) groups excluding carboxylic acids is 1. The zero-order valence-electron chi connectivity index (χ0n) is 10.8. The summed E-state index contributed by atoms with van der Waals surface area (Å²) in [4.78, 5) is 11.5. The monoisotopic (exact) mass is 312 g/mol. The Morgan fingerprint density at radius 1 is 1.50 bits per heavy atom. The molecule has 0 spiro atoms. The van der Waals surface area contributed by atoms with E-state index in [1.807, 2.05) is 39.0 Å². The van der Waals surface area contributed by atoms with E-state index >= 15 is 0 Å². The lowest BCUT2D eigenvalue weighted by Crippen LogP contribution is -2.25. The van der Waals surface area contributed by atoms with E-state index in [0.717, 1.165) is 22.2 Å². The van der Waals surface area contributed by atoms with Gasteiger partial charge in [0.1, 0.15) is 5.75 Å². The van der Waals surface area contributed by atoms with Crippen LogP contribution >= 0.6 is 15.9 Å². The summed E-state index contributed by atoms with van der Waals surface area (Å²) in [5.41, 5.74) is 4.44. The quantitative estimate of drug-likeness (QED) is 0.671. The summed E-state index contributed by atoms with van der Waals surface area (Å²) in [6.07, 6.45) is 0.810. The lowest BCUT2D eigenvalue weighted by molar-refractivity contribution is -0.123. The van der Waals surface area contributed by atoms with E-state index in [1.54, 1.807) is 0 Å². The van der Waals surface area contributed by atoms with Crippen LogP contribution in [0.3, 0.4) is 0 Å². The van der Waals surface area contributed by atoms with Crippen LogP contribution in [-0.2, 0) is 4.79 Å². The van der Waals surface area contributed by atoms with Crippen LogP contribution in [0.5, 0.6) is 5.75 Å². The van der Waals surface area contributed by atoms with E-state index < -0.39 is 0 Å². The summed E-state index contributed by atoms with van der Waals surface area (Å²) in [5.74, 6) is 0.377. The maximum atomic E-state index is 11.5. The smallest absolute Gasteiger partial charge is 0.277 e. The molecule has 0 aromatic heterocycles. The third kappa shape index (κ3) is 4.87. The molecule has 0 aliphatic heterocycles. The molecule has 1 aromatic rings. The van der Waals surface area contributed by atoms with Crippen molar-refractivity contribution in [3.05, 3.63) is 28.2 Å². The van der Waals surface area contributed by atoms with Crippen LogP contribution in [0.4, 0.5) is 0 Å². The molecule has 0 aliphatic carbocycles. The fourth-order valence-electron chi connectivity index (χ4n) is 1.14. The van der Waals surface area contributed by atoms with Gasteiger partial charge in [0.2, 0.25) is 0 Å². The third-order valence-electron chi connectivity index (χ3n) is 2.33. The minimum absolute atomic E-state index is 0.0534. The van der Waals surface area contributed by atoms with E-state index in [4.69, 9.17) is 4.74 Å². The zero-order valence-corrected chi connectivity index (χ0v) is 12.4. The van der Waals surface area contributed by atoms with Gasteiger partial charge in [-0.3, -0.25) is 4.79 Å². The molecule has 4 nitrogen and oxygen atoms in total.